The van der Waals surface area contributed by atoms with Gasteiger partial charge in [-0.3, -0.25) is 9.59 Å². The van der Waals surface area contributed by atoms with Crippen molar-refractivity contribution in [2.24, 2.45) is 11.3 Å². The molecule has 0 saturated carbocycles. The summed E-state index contributed by atoms with van der Waals surface area (Å²) in [6.45, 7) is 5.81. The Bertz CT molecular complexity index is 285. The molecule has 3 N–H and O–H groups in total. The monoisotopic (exact) mass is 242 g/mol. The standard InChI is InChI=1S/C12H22N2O3/c1-9(10(15)16)3-6-14-11(17)12(2)4-7-13-8-5-12/h9,13H,3-8H2,1-2H3,(H,14,17)(H,15,16). The number of hydrogen-bond acceptors (Lipinski definition) is 3. The van der Waals surface area contributed by atoms with E-state index in [2.05, 4.69) is 10.6 Å². The van der Waals surface area contributed by atoms with Gasteiger partial charge in [0.15, 0.2) is 0 Å². The molecule has 0 spiro atoms. The van der Waals surface area contributed by atoms with E-state index in [4.69, 9.17) is 5.11 Å². The van der Waals surface area contributed by atoms with Crippen LogP contribution in [0.1, 0.15) is 33.1 Å². The van der Waals surface area contributed by atoms with Gasteiger partial charge in [-0.2, -0.15) is 0 Å². The van der Waals surface area contributed by atoms with Gasteiger partial charge in [0, 0.05) is 12.0 Å². The Hall–Kier alpha value is -1.10. The Morgan fingerprint density at radius 3 is 2.53 bits per heavy atom. The number of nitrogens with one attached hydrogen (secondary N) is 2. The summed E-state index contributed by atoms with van der Waals surface area (Å²) < 4.78 is 0. The second kappa shape index (κ2) is 6.00. The molecule has 1 atom stereocenters. The van der Waals surface area contributed by atoms with Crippen molar-refractivity contribution < 1.29 is 14.7 Å². The summed E-state index contributed by atoms with van der Waals surface area (Å²) in [5.41, 5.74) is -0.294. The summed E-state index contributed by atoms with van der Waals surface area (Å²) >= 11 is 0. The van der Waals surface area contributed by atoms with Crippen molar-refractivity contribution in [3.05, 3.63) is 0 Å². The lowest BCUT2D eigenvalue weighted by molar-refractivity contribution is -0.141. The van der Waals surface area contributed by atoms with Gasteiger partial charge in [-0.15, -0.1) is 0 Å². The van der Waals surface area contributed by atoms with E-state index in [1.54, 1.807) is 6.92 Å². The second-order valence-electron chi connectivity index (χ2n) is 5.09. The molecule has 0 aromatic rings. The third-order valence-corrected chi connectivity index (χ3v) is 3.54. The van der Waals surface area contributed by atoms with Crippen LogP contribution in [0.5, 0.6) is 0 Å². The number of carbonyl (C=O) groups is 2. The smallest absolute Gasteiger partial charge is 0.306 e. The van der Waals surface area contributed by atoms with Crippen molar-refractivity contribution >= 4 is 11.9 Å². The third-order valence-electron chi connectivity index (χ3n) is 3.54. The molecule has 1 aliphatic rings. The van der Waals surface area contributed by atoms with Crippen LogP contribution in [0.3, 0.4) is 0 Å². The van der Waals surface area contributed by atoms with Crippen molar-refractivity contribution in [1.82, 2.24) is 10.6 Å². The Kier molecular flexibility index (Phi) is 4.93. The number of rotatable bonds is 5. The van der Waals surface area contributed by atoms with E-state index >= 15 is 0 Å². The lowest BCUT2D eigenvalue weighted by atomic mass is 9.80. The summed E-state index contributed by atoms with van der Waals surface area (Å²) in [6, 6.07) is 0. The van der Waals surface area contributed by atoms with Crippen LogP contribution in [-0.4, -0.2) is 36.6 Å². The Morgan fingerprint density at radius 2 is 2.00 bits per heavy atom. The van der Waals surface area contributed by atoms with Crippen LogP contribution >= 0.6 is 0 Å². The van der Waals surface area contributed by atoms with Gasteiger partial charge in [0.05, 0.1) is 5.92 Å². The average molecular weight is 242 g/mol. The molecule has 1 saturated heterocycles. The lowest BCUT2D eigenvalue weighted by Gasteiger charge is -2.32. The predicted molar refractivity (Wildman–Crippen MR) is 64.6 cm³/mol. The zero-order valence-electron chi connectivity index (χ0n) is 10.6. The van der Waals surface area contributed by atoms with Gasteiger partial charge in [-0.25, -0.2) is 0 Å². The van der Waals surface area contributed by atoms with Gasteiger partial charge < -0.3 is 15.7 Å². The number of aliphatic carboxylic acids is 1. The van der Waals surface area contributed by atoms with Crippen molar-refractivity contribution in [2.45, 2.75) is 33.1 Å². The second-order valence-corrected chi connectivity index (χ2v) is 5.09. The van der Waals surface area contributed by atoms with E-state index in [9.17, 15) is 9.59 Å². The topological polar surface area (TPSA) is 78.4 Å². The van der Waals surface area contributed by atoms with Gasteiger partial charge in [0.25, 0.3) is 0 Å². The van der Waals surface area contributed by atoms with Crippen molar-refractivity contribution in [3.8, 4) is 0 Å². The highest BCUT2D eigenvalue weighted by atomic mass is 16.4. The summed E-state index contributed by atoms with van der Waals surface area (Å²) in [4.78, 5) is 22.6. The van der Waals surface area contributed by atoms with Crippen LogP contribution in [0, 0.1) is 11.3 Å². The molecule has 0 aromatic carbocycles. The molecule has 1 amide bonds. The van der Waals surface area contributed by atoms with E-state index in [0.717, 1.165) is 25.9 Å². The fourth-order valence-electron chi connectivity index (χ4n) is 1.94. The van der Waals surface area contributed by atoms with Crippen LogP contribution in [0.15, 0.2) is 0 Å². The van der Waals surface area contributed by atoms with Crippen molar-refractivity contribution in [1.29, 1.82) is 0 Å². The molecule has 5 heteroatoms. The van der Waals surface area contributed by atoms with Crippen molar-refractivity contribution in [3.63, 3.8) is 0 Å². The van der Waals surface area contributed by atoms with E-state index in [0.29, 0.717) is 13.0 Å². The minimum absolute atomic E-state index is 0.0524. The van der Waals surface area contributed by atoms with Gasteiger partial charge >= 0.3 is 5.97 Å². The highest BCUT2D eigenvalue weighted by molar-refractivity contribution is 5.82. The Balaban J connectivity index is 2.31. The molecule has 1 heterocycles. The fourth-order valence-corrected chi connectivity index (χ4v) is 1.94. The molecule has 5 nitrogen and oxygen atoms in total. The van der Waals surface area contributed by atoms with Gasteiger partial charge in [0.2, 0.25) is 5.91 Å². The third kappa shape index (κ3) is 4.00. The van der Waals surface area contributed by atoms with Gasteiger partial charge in [-0.1, -0.05) is 13.8 Å². The quantitative estimate of drug-likeness (QED) is 0.660. The molecular formula is C12H22N2O3. The highest BCUT2D eigenvalue weighted by Gasteiger charge is 2.34. The minimum Gasteiger partial charge on any atom is -0.481 e. The molecular weight excluding hydrogens is 220 g/mol. The molecule has 1 fully saturated rings. The summed E-state index contributed by atoms with van der Waals surface area (Å²) in [5.74, 6) is -1.17. The fraction of sp³-hybridized carbons (Fsp3) is 0.833. The lowest BCUT2D eigenvalue weighted by Crippen LogP contribution is -2.46. The zero-order valence-corrected chi connectivity index (χ0v) is 10.6. The van der Waals surface area contributed by atoms with Crippen LogP contribution in [0.4, 0.5) is 0 Å². The molecule has 0 radical (unpaired) electrons. The first kappa shape index (κ1) is 14.0. The number of hydrogen-bond donors (Lipinski definition) is 3. The van der Waals surface area contributed by atoms with Crippen LogP contribution in [0.2, 0.25) is 0 Å². The number of carboxylic acids is 1. The van der Waals surface area contributed by atoms with Crippen LogP contribution < -0.4 is 10.6 Å². The molecule has 1 unspecified atom stereocenters. The molecule has 98 valence electrons. The van der Waals surface area contributed by atoms with E-state index in [1.165, 1.54) is 0 Å². The normalized spacial score (nSPS) is 20.6. The first-order chi connectivity index (χ1) is 7.96. The Morgan fingerprint density at radius 1 is 1.41 bits per heavy atom. The van der Waals surface area contributed by atoms with Crippen LogP contribution in [-0.2, 0) is 9.59 Å². The van der Waals surface area contributed by atoms with E-state index in [-0.39, 0.29) is 11.3 Å². The maximum Gasteiger partial charge on any atom is 0.306 e. The predicted octanol–water partition coefficient (Wildman–Crippen LogP) is 0.603. The Labute approximate surface area is 102 Å². The van der Waals surface area contributed by atoms with Crippen LogP contribution in [0.25, 0.3) is 0 Å². The molecule has 0 bridgehead atoms. The van der Waals surface area contributed by atoms with E-state index < -0.39 is 11.9 Å². The molecule has 1 rings (SSSR count). The molecule has 0 aromatic heterocycles. The summed E-state index contributed by atoms with van der Waals surface area (Å²) in [7, 11) is 0. The SMILES string of the molecule is CC(CCNC(=O)C1(C)CCNCC1)C(=O)O. The molecule has 1 aliphatic heterocycles. The highest BCUT2D eigenvalue weighted by Crippen LogP contribution is 2.27. The molecule has 0 aliphatic carbocycles. The first-order valence-electron chi connectivity index (χ1n) is 6.17. The van der Waals surface area contributed by atoms with Crippen molar-refractivity contribution in [2.75, 3.05) is 19.6 Å². The number of piperidine rings is 1. The maximum absolute atomic E-state index is 12.0. The van der Waals surface area contributed by atoms with Gasteiger partial charge in [0.1, 0.15) is 0 Å². The number of carbonyl (C=O) groups excluding carboxylic acids is 1. The first-order valence-corrected chi connectivity index (χ1v) is 6.17. The largest absolute Gasteiger partial charge is 0.481 e. The van der Waals surface area contributed by atoms with E-state index in [1.807, 2.05) is 6.92 Å². The zero-order chi connectivity index (χ0) is 12.9. The van der Waals surface area contributed by atoms with Gasteiger partial charge in [-0.05, 0) is 32.4 Å². The average Bonchev–Trinajstić information content (AvgIpc) is 2.29. The summed E-state index contributed by atoms with van der Waals surface area (Å²) in [6.07, 6.45) is 2.16. The number of amides is 1. The minimum atomic E-state index is -0.813. The molecule has 17 heavy (non-hydrogen) atoms. The summed E-state index contributed by atoms with van der Waals surface area (Å²) in [5, 5.41) is 14.8. The maximum atomic E-state index is 12.0. The number of carboxylic acid groups (broad SMARTS) is 1.